The molecule has 278 valence electrons. The van der Waals surface area contributed by atoms with Crippen molar-refractivity contribution in [3.05, 3.63) is 217 Å². The fourth-order valence-electron chi connectivity index (χ4n) is 9.08. The normalized spacial score (nSPS) is 12.7. The van der Waals surface area contributed by atoms with Gasteiger partial charge in [-0.25, -0.2) is 9.97 Å². The van der Waals surface area contributed by atoms with E-state index in [0.717, 1.165) is 33.9 Å². The summed E-state index contributed by atoms with van der Waals surface area (Å²) < 4.78 is 0. The van der Waals surface area contributed by atoms with E-state index in [1.54, 1.807) is 0 Å². The second kappa shape index (κ2) is 13.9. The Labute approximate surface area is 345 Å². The van der Waals surface area contributed by atoms with Crippen LogP contribution in [0, 0.1) is 0 Å². The van der Waals surface area contributed by atoms with Gasteiger partial charge in [-0.05, 0) is 114 Å². The van der Waals surface area contributed by atoms with Crippen LogP contribution in [0.2, 0.25) is 0 Å². The number of rotatable bonds is 6. The van der Waals surface area contributed by atoms with Crippen LogP contribution in [-0.2, 0) is 5.41 Å². The zero-order chi connectivity index (χ0) is 39.5. The molecule has 0 saturated carbocycles. The minimum Gasteiger partial charge on any atom is -0.228 e. The van der Waals surface area contributed by atoms with Gasteiger partial charge in [0.15, 0.2) is 5.82 Å². The van der Waals surface area contributed by atoms with Crippen LogP contribution in [0.1, 0.15) is 25.0 Å². The molecular formula is C57H40N2. The lowest BCUT2D eigenvalue weighted by molar-refractivity contribution is 0.661. The number of fused-ring (bicyclic) bond motifs is 5. The Balaban J connectivity index is 0.977. The predicted molar refractivity (Wildman–Crippen MR) is 247 cm³/mol. The number of hydrogen-bond donors (Lipinski definition) is 0. The van der Waals surface area contributed by atoms with Gasteiger partial charge in [-0.1, -0.05) is 184 Å². The minimum absolute atomic E-state index is 0.143. The molecule has 0 radical (unpaired) electrons. The first kappa shape index (κ1) is 34.8. The molecular weight excluding hydrogens is 713 g/mol. The SMILES string of the molecule is CC1(C)c2cc3ccccc3cc2-c2c(-c3cc(-c4ccc5cc(-c6cccc(-c7ccc(-c8ccccc8)cc7)c6)ccc5c4)nc(-c4ccccc4)n3)cccc21. The van der Waals surface area contributed by atoms with E-state index in [1.165, 1.54) is 77.2 Å². The maximum Gasteiger partial charge on any atom is 0.160 e. The molecule has 0 bridgehead atoms. The van der Waals surface area contributed by atoms with E-state index < -0.39 is 0 Å². The predicted octanol–water partition coefficient (Wildman–Crippen LogP) is 15.1. The van der Waals surface area contributed by atoms with E-state index in [4.69, 9.17) is 9.97 Å². The van der Waals surface area contributed by atoms with Crippen LogP contribution in [0.15, 0.2) is 206 Å². The summed E-state index contributed by atoms with van der Waals surface area (Å²) in [6, 6.07) is 74.4. The van der Waals surface area contributed by atoms with E-state index in [-0.39, 0.29) is 5.41 Å². The summed E-state index contributed by atoms with van der Waals surface area (Å²) in [6.45, 7) is 4.69. The van der Waals surface area contributed by atoms with Crippen LogP contribution in [0.3, 0.4) is 0 Å². The van der Waals surface area contributed by atoms with Crippen molar-refractivity contribution in [3.8, 4) is 78.4 Å². The van der Waals surface area contributed by atoms with E-state index in [0.29, 0.717) is 0 Å². The molecule has 1 aliphatic rings. The molecule has 0 unspecified atom stereocenters. The number of nitrogens with zero attached hydrogens (tertiary/aromatic N) is 2. The van der Waals surface area contributed by atoms with Crippen molar-refractivity contribution in [1.29, 1.82) is 0 Å². The van der Waals surface area contributed by atoms with Gasteiger partial charge in [0.2, 0.25) is 0 Å². The van der Waals surface area contributed by atoms with Crippen LogP contribution in [0.25, 0.3) is 100.0 Å². The largest absolute Gasteiger partial charge is 0.228 e. The van der Waals surface area contributed by atoms with Gasteiger partial charge in [0.25, 0.3) is 0 Å². The molecule has 0 saturated heterocycles. The molecule has 1 aromatic heterocycles. The van der Waals surface area contributed by atoms with Gasteiger partial charge in [-0.2, -0.15) is 0 Å². The lowest BCUT2D eigenvalue weighted by atomic mass is 9.81. The van der Waals surface area contributed by atoms with Gasteiger partial charge in [0, 0.05) is 22.1 Å². The lowest BCUT2D eigenvalue weighted by Crippen LogP contribution is -2.14. The molecule has 10 aromatic rings. The highest BCUT2D eigenvalue weighted by molar-refractivity contribution is 5.99. The van der Waals surface area contributed by atoms with Gasteiger partial charge in [0.05, 0.1) is 11.4 Å². The Morgan fingerprint density at radius 2 is 0.797 bits per heavy atom. The number of benzene rings is 9. The van der Waals surface area contributed by atoms with E-state index in [1.807, 2.05) is 6.07 Å². The van der Waals surface area contributed by atoms with Crippen molar-refractivity contribution < 1.29 is 0 Å². The summed E-state index contributed by atoms with van der Waals surface area (Å²) in [5, 5.41) is 4.88. The van der Waals surface area contributed by atoms with Crippen molar-refractivity contribution in [3.63, 3.8) is 0 Å². The lowest BCUT2D eigenvalue weighted by Gasteiger charge is -2.22. The summed E-state index contributed by atoms with van der Waals surface area (Å²) >= 11 is 0. The highest BCUT2D eigenvalue weighted by Gasteiger charge is 2.37. The van der Waals surface area contributed by atoms with Crippen LogP contribution < -0.4 is 0 Å². The minimum atomic E-state index is -0.143. The van der Waals surface area contributed by atoms with Crippen LogP contribution in [0.5, 0.6) is 0 Å². The third kappa shape index (κ3) is 6.13. The van der Waals surface area contributed by atoms with Crippen LogP contribution in [0.4, 0.5) is 0 Å². The second-order valence-electron chi connectivity index (χ2n) is 16.2. The van der Waals surface area contributed by atoms with Gasteiger partial charge >= 0.3 is 0 Å². The first-order chi connectivity index (χ1) is 29.0. The summed E-state index contributed by atoms with van der Waals surface area (Å²) in [6.07, 6.45) is 0. The smallest absolute Gasteiger partial charge is 0.160 e. The summed E-state index contributed by atoms with van der Waals surface area (Å²) in [5.74, 6) is 0.719. The van der Waals surface area contributed by atoms with Gasteiger partial charge in [-0.15, -0.1) is 0 Å². The highest BCUT2D eigenvalue weighted by Crippen LogP contribution is 2.53. The van der Waals surface area contributed by atoms with E-state index >= 15 is 0 Å². The summed E-state index contributed by atoms with van der Waals surface area (Å²) in [4.78, 5) is 10.5. The standard InChI is InChI=1S/C57H40N2/c1-57(2)51-22-12-21-49(55(51)50-34-43-17-9-10-18-44(43)35-52(50)57)54-36-53(58-56(59-54)40-15-7-4-8-16-40)48-30-29-46-32-45(27-28-47(46)33-48)42-20-11-19-41(31-42)39-25-23-38(24-26-39)37-13-5-3-6-14-37/h3-36H,1-2H3. The maximum absolute atomic E-state index is 5.30. The fourth-order valence-corrected chi connectivity index (χ4v) is 9.08. The van der Waals surface area contributed by atoms with E-state index in [9.17, 15) is 0 Å². The zero-order valence-corrected chi connectivity index (χ0v) is 33.0. The van der Waals surface area contributed by atoms with Crippen molar-refractivity contribution >= 4 is 21.5 Å². The van der Waals surface area contributed by atoms with E-state index in [2.05, 4.69) is 214 Å². The van der Waals surface area contributed by atoms with Crippen molar-refractivity contribution in [2.24, 2.45) is 0 Å². The van der Waals surface area contributed by atoms with Crippen molar-refractivity contribution in [2.45, 2.75) is 19.3 Å². The third-order valence-electron chi connectivity index (χ3n) is 12.3. The number of hydrogen-bond acceptors (Lipinski definition) is 2. The molecule has 0 fully saturated rings. The molecule has 2 nitrogen and oxygen atoms in total. The Kier molecular flexibility index (Phi) is 8.20. The Hall–Kier alpha value is -7.42. The second-order valence-corrected chi connectivity index (χ2v) is 16.2. The molecule has 0 aliphatic heterocycles. The Morgan fingerprint density at radius 1 is 0.305 bits per heavy atom. The molecule has 0 spiro atoms. The summed E-state index contributed by atoms with van der Waals surface area (Å²) in [7, 11) is 0. The summed E-state index contributed by atoms with van der Waals surface area (Å²) in [5.41, 5.74) is 17.4. The fraction of sp³-hybridized carbons (Fsp3) is 0.0526. The van der Waals surface area contributed by atoms with Crippen molar-refractivity contribution in [1.82, 2.24) is 9.97 Å². The molecule has 9 aromatic carbocycles. The number of aromatic nitrogens is 2. The van der Waals surface area contributed by atoms with Gasteiger partial charge < -0.3 is 0 Å². The molecule has 2 heteroatoms. The van der Waals surface area contributed by atoms with Crippen LogP contribution >= 0.6 is 0 Å². The Morgan fingerprint density at radius 3 is 1.53 bits per heavy atom. The molecule has 59 heavy (non-hydrogen) atoms. The first-order valence-electron chi connectivity index (χ1n) is 20.4. The van der Waals surface area contributed by atoms with Crippen LogP contribution in [-0.4, -0.2) is 9.97 Å². The Bertz CT molecular complexity index is 3220. The third-order valence-corrected chi connectivity index (χ3v) is 12.3. The average molecular weight is 753 g/mol. The monoisotopic (exact) mass is 752 g/mol. The maximum atomic E-state index is 5.30. The zero-order valence-electron chi connectivity index (χ0n) is 33.0. The molecule has 1 heterocycles. The first-order valence-corrected chi connectivity index (χ1v) is 20.4. The molecule has 11 rings (SSSR count). The van der Waals surface area contributed by atoms with Crippen molar-refractivity contribution in [2.75, 3.05) is 0 Å². The molecule has 1 aliphatic carbocycles. The quantitative estimate of drug-likeness (QED) is 0.169. The van der Waals surface area contributed by atoms with Gasteiger partial charge in [-0.3, -0.25) is 0 Å². The molecule has 0 amide bonds. The topological polar surface area (TPSA) is 25.8 Å². The molecule has 0 N–H and O–H groups in total. The molecule has 0 atom stereocenters. The average Bonchev–Trinajstić information content (AvgIpc) is 3.53. The highest BCUT2D eigenvalue weighted by atomic mass is 14.9. The van der Waals surface area contributed by atoms with Gasteiger partial charge in [0.1, 0.15) is 0 Å².